The molecule has 1 aliphatic rings. The van der Waals surface area contributed by atoms with E-state index in [0.29, 0.717) is 50.0 Å². The number of carboxylic acid groups (broad SMARTS) is 1. The van der Waals surface area contributed by atoms with Crippen molar-refractivity contribution in [3.05, 3.63) is 131 Å². The Morgan fingerprint density at radius 1 is 1.05 bits per heavy atom. The van der Waals surface area contributed by atoms with Gasteiger partial charge in [-0.05, 0) is 68.3 Å². The van der Waals surface area contributed by atoms with E-state index in [1.165, 1.54) is 23.5 Å². The third-order valence-corrected chi connectivity index (χ3v) is 8.52. The predicted molar refractivity (Wildman–Crippen MR) is 167 cm³/mol. The topological polar surface area (TPSA) is 101 Å². The van der Waals surface area contributed by atoms with Gasteiger partial charge in [0, 0.05) is 23.7 Å². The zero-order valence-electron chi connectivity index (χ0n) is 23.9. The van der Waals surface area contributed by atoms with E-state index in [9.17, 15) is 14.4 Å². The number of thiazole rings is 1. The highest BCUT2D eigenvalue weighted by Crippen LogP contribution is 2.32. The van der Waals surface area contributed by atoms with Crippen LogP contribution in [-0.2, 0) is 11.4 Å². The minimum Gasteiger partial charge on any atom is -0.488 e. The molecule has 43 heavy (non-hydrogen) atoms. The number of ether oxygens (including phenoxy) is 1. The van der Waals surface area contributed by atoms with Crippen molar-refractivity contribution < 1.29 is 19.4 Å². The molecule has 0 radical (unpaired) electrons. The Hall–Kier alpha value is -4.47. The molecule has 4 aromatic rings. The summed E-state index contributed by atoms with van der Waals surface area (Å²) in [6.07, 6.45) is 1.77. The lowest BCUT2D eigenvalue weighted by molar-refractivity contribution is -0.127. The Morgan fingerprint density at radius 2 is 1.72 bits per heavy atom. The van der Waals surface area contributed by atoms with Crippen LogP contribution in [0.5, 0.6) is 5.75 Å². The van der Waals surface area contributed by atoms with Crippen LogP contribution in [0.25, 0.3) is 6.08 Å². The van der Waals surface area contributed by atoms with E-state index in [1.54, 1.807) is 39.8 Å². The van der Waals surface area contributed by atoms with Crippen molar-refractivity contribution in [1.29, 1.82) is 0 Å². The number of amides is 1. The Labute approximate surface area is 257 Å². The van der Waals surface area contributed by atoms with Crippen molar-refractivity contribution in [2.24, 2.45) is 4.99 Å². The molecule has 220 valence electrons. The van der Waals surface area contributed by atoms with E-state index >= 15 is 0 Å². The van der Waals surface area contributed by atoms with Crippen molar-refractivity contribution in [1.82, 2.24) is 9.47 Å². The molecule has 0 fully saturated rings. The van der Waals surface area contributed by atoms with E-state index in [0.717, 1.165) is 11.1 Å². The average Bonchev–Trinajstić information content (AvgIpc) is 3.31. The number of rotatable bonds is 9. The first-order valence-electron chi connectivity index (χ1n) is 13.8. The number of aromatic carboxylic acids is 1. The van der Waals surface area contributed by atoms with Crippen LogP contribution in [0.3, 0.4) is 0 Å². The molecule has 3 aromatic carbocycles. The first kappa shape index (κ1) is 30.0. The number of benzene rings is 3. The van der Waals surface area contributed by atoms with E-state index < -0.39 is 12.0 Å². The van der Waals surface area contributed by atoms with Crippen LogP contribution in [0.4, 0.5) is 0 Å². The smallest absolute Gasteiger partial charge is 0.335 e. The number of allylic oxidation sites excluding steroid dienone is 1. The summed E-state index contributed by atoms with van der Waals surface area (Å²) >= 11 is 7.44. The second-order valence-corrected chi connectivity index (χ2v) is 11.4. The SMILES string of the molecule is CCN(CC)C(=O)C1=C(C)N=c2s/c(=C/c3ccccc3OCc3ccc(C(=O)O)cc3)c(=O)n2[C@H]1c1ccc(Cl)cc1. The van der Waals surface area contributed by atoms with Gasteiger partial charge in [0.25, 0.3) is 11.5 Å². The highest BCUT2D eigenvalue weighted by atomic mass is 35.5. The van der Waals surface area contributed by atoms with E-state index in [2.05, 4.69) is 0 Å². The van der Waals surface area contributed by atoms with Crippen molar-refractivity contribution in [2.75, 3.05) is 13.1 Å². The quantitative estimate of drug-likeness (QED) is 0.285. The average molecular weight is 616 g/mol. The Bertz CT molecular complexity index is 1890. The molecule has 0 bridgehead atoms. The molecule has 10 heteroatoms. The molecule has 8 nitrogen and oxygen atoms in total. The summed E-state index contributed by atoms with van der Waals surface area (Å²) in [7, 11) is 0. The van der Waals surface area contributed by atoms with Crippen LogP contribution >= 0.6 is 22.9 Å². The molecule has 1 aliphatic heterocycles. The van der Waals surface area contributed by atoms with Gasteiger partial charge >= 0.3 is 5.97 Å². The van der Waals surface area contributed by atoms with Crippen molar-refractivity contribution in [3.8, 4) is 5.75 Å². The Morgan fingerprint density at radius 3 is 2.37 bits per heavy atom. The number of carbonyl (C=O) groups is 2. The van der Waals surface area contributed by atoms with Gasteiger partial charge < -0.3 is 14.7 Å². The molecule has 1 aromatic heterocycles. The van der Waals surface area contributed by atoms with Crippen LogP contribution in [0.15, 0.2) is 93.9 Å². The monoisotopic (exact) mass is 615 g/mol. The molecule has 5 rings (SSSR count). The van der Waals surface area contributed by atoms with E-state index in [-0.39, 0.29) is 23.6 Å². The molecule has 0 aliphatic carbocycles. The normalized spacial score (nSPS) is 14.7. The largest absolute Gasteiger partial charge is 0.488 e. The number of aromatic nitrogens is 1. The van der Waals surface area contributed by atoms with Gasteiger partial charge in [-0.3, -0.25) is 14.2 Å². The van der Waals surface area contributed by atoms with Crippen LogP contribution < -0.4 is 19.6 Å². The van der Waals surface area contributed by atoms with Crippen molar-refractivity contribution >= 4 is 40.9 Å². The molecular formula is C33H30ClN3O5S. The van der Waals surface area contributed by atoms with E-state index in [1.807, 2.05) is 57.2 Å². The van der Waals surface area contributed by atoms with Crippen LogP contribution in [-0.4, -0.2) is 39.5 Å². The number of carbonyl (C=O) groups excluding carboxylic acids is 1. The highest BCUT2D eigenvalue weighted by molar-refractivity contribution is 7.07. The second kappa shape index (κ2) is 12.8. The maximum atomic E-state index is 14.0. The molecule has 0 spiro atoms. The minimum atomic E-state index is -0.989. The molecule has 1 amide bonds. The second-order valence-electron chi connectivity index (χ2n) is 9.94. The third kappa shape index (κ3) is 6.18. The fourth-order valence-corrected chi connectivity index (χ4v) is 6.18. The summed E-state index contributed by atoms with van der Waals surface area (Å²) in [5.41, 5.74) is 3.24. The summed E-state index contributed by atoms with van der Waals surface area (Å²) in [6, 6.07) is 20.4. The number of carboxylic acids is 1. The zero-order valence-corrected chi connectivity index (χ0v) is 25.5. The Kier molecular flexibility index (Phi) is 8.94. The number of fused-ring (bicyclic) bond motifs is 1. The molecule has 1 atom stereocenters. The van der Waals surface area contributed by atoms with Gasteiger partial charge in [0.15, 0.2) is 4.80 Å². The standard InChI is InChI=1S/C33H30ClN3O5S/c1-4-36(5-2)31(39)28-20(3)35-33-37(29(28)22-14-16-25(34)17-15-22)30(38)27(43-33)18-24-8-6-7-9-26(24)42-19-21-10-12-23(13-11-21)32(40)41/h6-18,29H,4-5,19H2,1-3H3,(H,40,41)/b27-18+/t29-/m0/s1. The third-order valence-electron chi connectivity index (χ3n) is 7.29. The van der Waals surface area contributed by atoms with Crippen molar-refractivity contribution in [2.45, 2.75) is 33.4 Å². The maximum Gasteiger partial charge on any atom is 0.335 e. The number of hydrogen-bond donors (Lipinski definition) is 1. The number of hydrogen-bond acceptors (Lipinski definition) is 6. The number of likely N-dealkylation sites (N-methyl/N-ethyl adjacent to an activating group) is 1. The zero-order chi connectivity index (χ0) is 30.7. The van der Waals surface area contributed by atoms with E-state index in [4.69, 9.17) is 26.4 Å². The summed E-state index contributed by atoms with van der Waals surface area (Å²) in [6.45, 7) is 6.94. The maximum absolute atomic E-state index is 14.0. The van der Waals surface area contributed by atoms with Gasteiger partial charge in [-0.25, -0.2) is 9.79 Å². The lowest BCUT2D eigenvalue weighted by atomic mass is 9.94. The lowest BCUT2D eigenvalue weighted by Crippen LogP contribution is -2.43. The minimum absolute atomic E-state index is 0.157. The molecule has 0 saturated carbocycles. The number of para-hydroxylation sites is 1. The summed E-state index contributed by atoms with van der Waals surface area (Å²) < 4.78 is 8.12. The fraction of sp³-hybridized carbons (Fsp3) is 0.212. The summed E-state index contributed by atoms with van der Waals surface area (Å²) in [5.74, 6) is -0.577. The van der Waals surface area contributed by atoms with Gasteiger partial charge in [0.1, 0.15) is 12.4 Å². The molecule has 0 saturated heterocycles. The van der Waals surface area contributed by atoms with Crippen LogP contribution in [0.1, 0.15) is 53.9 Å². The number of nitrogens with zero attached hydrogens (tertiary/aromatic N) is 3. The molecule has 0 unspecified atom stereocenters. The molecule has 2 heterocycles. The predicted octanol–water partition coefficient (Wildman–Crippen LogP) is 5.03. The first-order valence-corrected chi connectivity index (χ1v) is 15.0. The van der Waals surface area contributed by atoms with Gasteiger partial charge in [-0.15, -0.1) is 0 Å². The van der Waals surface area contributed by atoms with Crippen LogP contribution in [0, 0.1) is 0 Å². The Balaban J connectivity index is 1.56. The molecular weight excluding hydrogens is 586 g/mol. The summed E-state index contributed by atoms with van der Waals surface area (Å²) in [4.78, 5) is 45.9. The van der Waals surface area contributed by atoms with Crippen molar-refractivity contribution in [3.63, 3.8) is 0 Å². The van der Waals surface area contributed by atoms with Gasteiger partial charge in [0.05, 0.1) is 27.4 Å². The first-order chi connectivity index (χ1) is 20.7. The van der Waals surface area contributed by atoms with Gasteiger partial charge in [0.2, 0.25) is 0 Å². The summed E-state index contributed by atoms with van der Waals surface area (Å²) in [5, 5.41) is 9.70. The fourth-order valence-electron chi connectivity index (χ4n) is 5.01. The highest BCUT2D eigenvalue weighted by Gasteiger charge is 2.34. The van der Waals surface area contributed by atoms with Crippen LogP contribution in [0.2, 0.25) is 5.02 Å². The number of halogens is 1. The molecule has 1 N–H and O–H groups in total. The van der Waals surface area contributed by atoms with Gasteiger partial charge in [-0.1, -0.05) is 65.4 Å². The van der Waals surface area contributed by atoms with Gasteiger partial charge in [-0.2, -0.15) is 0 Å². The lowest BCUT2D eigenvalue weighted by Gasteiger charge is -2.29.